The summed E-state index contributed by atoms with van der Waals surface area (Å²) in [4.78, 5) is 0. The predicted octanol–water partition coefficient (Wildman–Crippen LogP) is 6.01. The largest absolute Gasteiger partial charge is 0.542 e. The average molecular weight is 510 g/mol. The molecule has 1 atom stereocenters. The minimum Gasteiger partial charge on any atom is -0.542 e. The second-order valence-corrected chi connectivity index (χ2v) is 12.0. The number of alkyl halides is 1. The molecule has 2 aromatic carbocycles. The summed E-state index contributed by atoms with van der Waals surface area (Å²) >= 11 is 7.40. The van der Waals surface area contributed by atoms with E-state index in [2.05, 4.69) is 113 Å². The molecule has 0 spiro atoms. The highest BCUT2D eigenvalue weighted by Crippen LogP contribution is 2.38. The molecule has 0 saturated carbocycles. The Bertz CT molecular complexity index is 656. The zero-order chi connectivity index (χ0) is 19.7. The molecule has 1 nitrogen and oxygen atoms in total. The van der Waals surface area contributed by atoms with Gasteiger partial charge in [0, 0.05) is 9.81 Å². The third-order valence-corrected chi connectivity index (χ3v) is 8.47. The van der Waals surface area contributed by atoms with Crippen molar-refractivity contribution >= 4 is 51.3 Å². The van der Waals surface area contributed by atoms with Gasteiger partial charge in [0.25, 0.3) is 9.04 Å². The van der Waals surface area contributed by atoms with Gasteiger partial charge in [-0.2, -0.15) is 0 Å². The van der Waals surface area contributed by atoms with E-state index < -0.39 is 9.04 Å². The van der Waals surface area contributed by atoms with Gasteiger partial charge in [-0.25, -0.2) is 0 Å². The second-order valence-electron chi connectivity index (χ2n) is 7.94. The first-order valence-electron chi connectivity index (χ1n) is 9.60. The zero-order valence-corrected chi connectivity index (χ0v) is 20.8. The molecule has 0 saturated heterocycles. The fourth-order valence-electron chi connectivity index (χ4n) is 3.25. The van der Waals surface area contributed by atoms with Gasteiger partial charge in [-0.05, 0) is 34.5 Å². The van der Waals surface area contributed by atoms with E-state index in [4.69, 9.17) is 4.43 Å². The molecular weight excluding hydrogens is 480 g/mol. The first-order chi connectivity index (χ1) is 12.9. The van der Waals surface area contributed by atoms with Gasteiger partial charge in [-0.1, -0.05) is 120 Å². The maximum atomic E-state index is 6.48. The summed E-state index contributed by atoms with van der Waals surface area (Å²) in [6.07, 6.45) is 5.58. The highest BCUT2D eigenvalue weighted by atomic mass is 79.9. The van der Waals surface area contributed by atoms with Gasteiger partial charge >= 0.3 is 0 Å². The Balaban J connectivity index is 2.22. The van der Waals surface area contributed by atoms with E-state index in [9.17, 15) is 0 Å². The molecule has 0 bridgehead atoms. The van der Waals surface area contributed by atoms with Crippen molar-refractivity contribution in [2.24, 2.45) is 11.3 Å². The van der Waals surface area contributed by atoms with Crippen molar-refractivity contribution < 1.29 is 4.43 Å². The first kappa shape index (κ1) is 22.4. The van der Waals surface area contributed by atoms with Gasteiger partial charge in [0.1, 0.15) is 0 Å². The van der Waals surface area contributed by atoms with Crippen LogP contribution in [-0.2, 0) is 4.43 Å². The van der Waals surface area contributed by atoms with E-state index in [0.29, 0.717) is 5.92 Å². The van der Waals surface area contributed by atoms with Crippen LogP contribution in [0.5, 0.6) is 0 Å². The van der Waals surface area contributed by atoms with Gasteiger partial charge in [0.15, 0.2) is 0 Å². The summed E-state index contributed by atoms with van der Waals surface area (Å²) in [6.45, 7) is 6.93. The Kier molecular flexibility index (Phi) is 9.34. The van der Waals surface area contributed by atoms with Crippen LogP contribution in [0.3, 0.4) is 0 Å². The van der Waals surface area contributed by atoms with Crippen molar-refractivity contribution in [3.8, 4) is 0 Å². The highest BCUT2D eigenvalue weighted by Gasteiger charge is 2.27. The Morgan fingerprint density at radius 3 is 1.93 bits per heavy atom. The molecule has 0 aromatic heterocycles. The van der Waals surface area contributed by atoms with Crippen LogP contribution >= 0.6 is 31.9 Å². The van der Waals surface area contributed by atoms with Crippen molar-refractivity contribution in [2.75, 3.05) is 5.33 Å². The lowest BCUT2D eigenvalue weighted by Gasteiger charge is -2.31. The smallest absolute Gasteiger partial charge is 0.298 e. The minimum absolute atomic E-state index is 0.196. The molecule has 0 aliphatic rings. The number of allylic oxidation sites excluding steroid dienone is 1. The van der Waals surface area contributed by atoms with E-state index in [1.165, 1.54) is 34.1 Å². The van der Waals surface area contributed by atoms with Gasteiger partial charge in [0.2, 0.25) is 0 Å². The van der Waals surface area contributed by atoms with Gasteiger partial charge < -0.3 is 4.43 Å². The lowest BCUT2D eigenvalue weighted by molar-refractivity contribution is 0.266. The Hall–Kier alpha value is -0.843. The Morgan fingerprint density at radius 1 is 0.963 bits per heavy atom. The van der Waals surface area contributed by atoms with Crippen molar-refractivity contribution in [1.29, 1.82) is 0 Å². The average Bonchev–Trinajstić information content (AvgIpc) is 2.66. The molecule has 146 valence electrons. The van der Waals surface area contributed by atoms with E-state index in [-0.39, 0.29) is 5.41 Å². The molecule has 0 heterocycles. The molecule has 0 radical (unpaired) electrons. The summed E-state index contributed by atoms with van der Waals surface area (Å²) in [6, 6.07) is 21.2. The van der Waals surface area contributed by atoms with E-state index in [0.717, 1.165) is 5.33 Å². The van der Waals surface area contributed by atoms with Crippen LogP contribution in [-0.4, -0.2) is 14.4 Å². The molecule has 0 N–H and O–H groups in total. The van der Waals surface area contributed by atoms with E-state index in [1.54, 1.807) is 0 Å². The van der Waals surface area contributed by atoms with Crippen LogP contribution in [0.2, 0.25) is 0 Å². The van der Waals surface area contributed by atoms with Crippen molar-refractivity contribution in [2.45, 2.75) is 40.0 Å². The molecule has 1 unspecified atom stereocenters. The summed E-state index contributed by atoms with van der Waals surface area (Å²) in [5.41, 5.74) is 0.196. The van der Waals surface area contributed by atoms with E-state index >= 15 is 0 Å². The maximum Gasteiger partial charge on any atom is 0.298 e. The molecule has 0 fully saturated rings. The highest BCUT2D eigenvalue weighted by molar-refractivity contribution is 9.11. The molecular formula is C23H30Br2OSi. The molecule has 2 aromatic rings. The minimum atomic E-state index is -1.75. The van der Waals surface area contributed by atoms with Crippen molar-refractivity contribution in [1.82, 2.24) is 0 Å². The van der Waals surface area contributed by atoms with Gasteiger partial charge in [-0.3, -0.25) is 0 Å². The molecule has 0 aliphatic carbocycles. The number of hydrogen-bond acceptors (Lipinski definition) is 1. The van der Waals surface area contributed by atoms with Crippen LogP contribution in [0.15, 0.2) is 71.4 Å². The zero-order valence-electron chi connectivity index (χ0n) is 16.5. The lowest BCUT2D eigenvalue weighted by atomic mass is 9.78. The van der Waals surface area contributed by atoms with Crippen LogP contribution in [0, 0.1) is 11.3 Å². The fourth-order valence-corrected chi connectivity index (χ4v) is 6.99. The first-order valence-corrected chi connectivity index (χ1v) is 13.1. The van der Waals surface area contributed by atoms with Crippen molar-refractivity contribution in [3.63, 3.8) is 0 Å². The Labute approximate surface area is 183 Å². The van der Waals surface area contributed by atoms with Crippen LogP contribution in [0.4, 0.5) is 0 Å². The number of benzene rings is 2. The summed E-state index contributed by atoms with van der Waals surface area (Å²) in [7, 11) is -1.75. The number of hydrogen-bond donors (Lipinski definition) is 0. The molecule has 2 rings (SSSR count). The summed E-state index contributed by atoms with van der Waals surface area (Å²) in [5.74, 6) is 0.456. The number of unbranched alkanes of at least 4 members (excludes halogenated alkanes) is 1. The Morgan fingerprint density at radius 2 is 1.48 bits per heavy atom. The van der Waals surface area contributed by atoms with Gasteiger partial charge in [-0.15, -0.1) is 0 Å². The van der Waals surface area contributed by atoms with Crippen LogP contribution in [0.25, 0.3) is 0 Å². The third kappa shape index (κ3) is 7.24. The third-order valence-electron chi connectivity index (χ3n) is 4.78. The molecule has 4 heteroatoms. The maximum absolute atomic E-state index is 6.48. The number of halogens is 2. The van der Waals surface area contributed by atoms with Gasteiger partial charge in [0.05, 0.1) is 6.26 Å². The standard InChI is InChI=1S/C23H30Br2OSi/c1-23(2,3)21(16-10-11-17-24)22(25)18-26-27(19-12-6-4-7-13-19)20-14-8-5-9-15-20/h4-9,12-15,18,21,27H,10-11,16-17H2,1-3H3. The normalized spacial score (nSPS) is 13.6. The topological polar surface area (TPSA) is 9.23 Å². The van der Waals surface area contributed by atoms with Crippen molar-refractivity contribution in [3.05, 3.63) is 71.4 Å². The molecule has 27 heavy (non-hydrogen) atoms. The monoisotopic (exact) mass is 508 g/mol. The molecule has 0 aliphatic heterocycles. The fraction of sp³-hybridized carbons (Fsp3) is 0.391. The summed E-state index contributed by atoms with van der Waals surface area (Å²) in [5, 5.41) is 3.66. The SMILES string of the molecule is CC(C)(C)C(CCCCBr)C(Br)=CO[SiH](c1ccccc1)c1ccccc1. The molecule has 0 amide bonds. The quantitative estimate of drug-likeness (QED) is 0.174. The number of rotatable bonds is 9. The second kappa shape index (κ2) is 11.2. The van der Waals surface area contributed by atoms with E-state index in [1.807, 2.05) is 6.26 Å². The lowest BCUT2D eigenvalue weighted by Crippen LogP contribution is -2.43. The summed E-state index contributed by atoms with van der Waals surface area (Å²) < 4.78 is 7.65. The van der Waals surface area contributed by atoms with Crippen LogP contribution in [0.1, 0.15) is 40.0 Å². The van der Waals surface area contributed by atoms with Crippen LogP contribution < -0.4 is 10.4 Å². The predicted molar refractivity (Wildman–Crippen MR) is 128 cm³/mol.